The van der Waals surface area contributed by atoms with Gasteiger partial charge in [0.05, 0.1) is 24.0 Å². The number of rotatable bonds is 4. The molecule has 2 rings (SSSR count). The van der Waals surface area contributed by atoms with Crippen molar-refractivity contribution in [1.82, 2.24) is 5.32 Å². The number of carbonyl (C=O) groups excluding carboxylic acids is 1. The van der Waals surface area contributed by atoms with Gasteiger partial charge in [-0.25, -0.2) is 0 Å². The molecule has 0 aliphatic heterocycles. The number of hydrogen-bond donors (Lipinski definition) is 3. The molecule has 0 bridgehead atoms. The first kappa shape index (κ1) is 15.3. The van der Waals surface area contributed by atoms with Crippen LogP contribution >= 0.6 is 0 Å². The Labute approximate surface area is 119 Å². The zero-order valence-electron chi connectivity index (χ0n) is 12.5. The largest absolute Gasteiger partial charge is 0.481 e. The molecule has 0 heterocycles. The standard InChI is InChI=1S/C15H25NO4/c1-9-4-6-15(8-17,7-5-9)16-12(18)10-11(13(19)20)14(10,2)3/h9-11,17H,4-8H2,1-3H3,(H,16,18)(H,19,20)/t9?,10-,11+,15?/m1/s1. The third-order valence-electron chi connectivity index (χ3n) is 5.30. The summed E-state index contributed by atoms with van der Waals surface area (Å²) >= 11 is 0. The molecule has 0 radical (unpaired) electrons. The topological polar surface area (TPSA) is 86.6 Å². The van der Waals surface area contributed by atoms with Gasteiger partial charge in [0.1, 0.15) is 0 Å². The van der Waals surface area contributed by atoms with Gasteiger partial charge in [0.2, 0.25) is 5.91 Å². The fourth-order valence-electron chi connectivity index (χ4n) is 3.56. The van der Waals surface area contributed by atoms with E-state index in [2.05, 4.69) is 12.2 Å². The molecule has 0 unspecified atom stereocenters. The monoisotopic (exact) mass is 283 g/mol. The summed E-state index contributed by atoms with van der Waals surface area (Å²) in [6.45, 7) is 5.72. The van der Waals surface area contributed by atoms with Crippen LogP contribution in [0.4, 0.5) is 0 Å². The molecule has 114 valence electrons. The van der Waals surface area contributed by atoms with Gasteiger partial charge < -0.3 is 15.5 Å². The quantitative estimate of drug-likeness (QED) is 0.728. The summed E-state index contributed by atoms with van der Waals surface area (Å²) in [6, 6.07) is 0. The van der Waals surface area contributed by atoms with Gasteiger partial charge in [0.15, 0.2) is 0 Å². The lowest BCUT2D eigenvalue weighted by atomic mass is 9.77. The van der Waals surface area contributed by atoms with Crippen LogP contribution in [-0.4, -0.2) is 34.2 Å². The van der Waals surface area contributed by atoms with E-state index in [1.165, 1.54) is 0 Å². The Hall–Kier alpha value is -1.10. The van der Waals surface area contributed by atoms with Gasteiger partial charge in [-0.1, -0.05) is 20.8 Å². The van der Waals surface area contributed by atoms with E-state index in [1.54, 1.807) is 0 Å². The van der Waals surface area contributed by atoms with E-state index in [0.717, 1.165) is 25.7 Å². The van der Waals surface area contributed by atoms with Crippen molar-refractivity contribution in [2.45, 2.75) is 52.0 Å². The Morgan fingerprint density at radius 2 is 1.75 bits per heavy atom. The third kappa shape index (κ3) is 2.55. The molecular formula is C15H25NO4. The summed E-state index contributed by atoms with van der Waals surface area (Å²) in [5.41, 5.74) is -1.04. The third-order valence-corrected chi connectivity index (χ3v) is 5.30. The maximum Gasteiger partial charge on any atom is 0.307 e. The number of aliphatic hydroxyl groups is 1. The lowest BCUT2D eigenvalue weighted by Gasteiger charge is -2.39. The molecule has 2 saturated carbocycles. The van der Waals surface area contributed by atoms with Crippen molar-refractivity contribution in [2.75, 3.05) is 6.61 Å². The first-order valence-electron chi connectivity index (χ1n) is 7.39. The minimum atomic E-state index is -0.912. The van der Waals surface area contributed by atoms with Crippen molar-refractivity contribution >= 4 is 11.9 Å². The average Bonchev–Trinajstić information content (AvgIpc) is 2.96. The Balaban J connectivity index is 2.02. The highest BCUT2D eigenvalue weighted by atomic mass is 16.4. The van der Waals surface area contributed by atoms with Crippen LogP contribution in [0, 0.1) is 23.2 Å². The van der Waals surface area contributed by atoms with Gasteiger partial charge in [-0.05, 0) is 37.0 Å². The van der Waals surface area contributed by atoms with Crippen LogP contribution in [-0.2, 0) is 9.59 Å². The molecule has 0 aromatic carbocycles. The zero-order valence-corrected chi connectivity index (χ0v) is 12.5. The zero-order chi connectivity index (χ0) is 15.1. The fourth-order valence-corrected chi connectivity index (χ4v) is 3.56. The van der Waals surface area contributed by atoms with Crippen LogP contribution in [0.2, 0.25) is 0 Å². The molecule has 20 heavy (non-hydrogen) atoms. The molecule has 1 amide bonds. The van der Waals surface area contributed by atoms with Crippen LogP contribution in [0.5, 0.6) is 0 Å². The predicted octanol–water partition coefficient (Wildman–Crippen LogP) is 1.40. The Bertz CT molecular complexity index is 410. The number of carbonyl (C=O) groups is 2. The van der Waals surface area contributed by atoms with Crippen molar-refractivity contribution in [3.63, 3.8) is 0 Å². The molecular weight excluding hydrogens is 258 g/mol. The number of aliphatic carboxylic acids is 1. The van der Waals surface area contributed by atoms with Crippen molar-refractivity contribution in [2.24, 2.45) is 23.2 Å². The lowest BCUT2D eigenvalue weighted by molar-refractivity contribution is -0.140. The van der Waals surface area contributed by atoms with Crippen LogP contribution < -0.4 is 5.32 Å². The number of aliphatic hydroxyl groups excluding tert-OH is 1. The van der Waals surface area contributed by atoms with Gasteiger partial charge in [0, 0.05) is 0 Å². The maximum atomic E-state index is 12.4. The van der Waals surface area contributed by atoms with Crippen LogP contribution in [0.25, 0.3) is 0 Å². The van der Waals surface area contributed by atoms with E-state index in [0.29, 0.717) is 5.92 Å². The molecule has 2 fully saturated rings. The van der Waals surface area contributed by atoms with E-state index in [9.17, 15) is 14.7 Å². The molecule has 5 heteroatoms. The average molecular weight is 283 g/mol. The first-order valence-corrected chi connectivity index (χ1v) is 7.39. The SMILES string of the molecule is CC1CCC(CO)(NC(=O)[C@H]2[C@@H](C(=O)O)C2(C)C)CC1. The Morgan fingerprint density at radius 3 is 2.15 bits per heavy atom. The van der Waals surface area contributed by atoms with Crippen molar-refractivity contribution < 1.29 is 19.8 Å². The maximum absolute atomic E-state index is 12.4. The van der Waals surface area contributed by atoms with E-state index >= 15 is 0 Å². The first-order chi connectivity index (χ1) is 9.23. The fraction of sp³-hybridized carbons (Fsp3) is 0.867. The molecule has 2 aliphatic carbocycles. The van der Waals surface area contributed by atoms with E-state index in [-0.39, 0.29) is 12.5 Å². The minimum absolute atomic E-state index is 0.0731. The van der Waals surface area contributed by atoms with Crippen LogP contribution in [0.1, 0.15) is 46.5 Å². The van der Waals surface area contributed by atoms with Crippen molar-refractivity contribution in [3.8, 4) is 0 Å². The second kappa shape index (κ2) is 5.02. The number of nitrogens with one attached hydrogen (secondary N) is 1. The molecule has 0 aromatic rings. The summed E-state index contributed by atoms with van der Waals surface area (Å²) in [6.07, 6.45) is 3.50. The number of carboxylic acids is 1. The second-order valence-corrected chi connectivity index (χ2v) is 7.23. The van der Waals surface area contributed by atoms with Crippen LogP contribution in [0.3, 0.4) is 0 Å². The molecule has 0 saturated heterocycles. The van der Waals surface area contributed by atoms with Gasteiger partial charge in [-0.15, -0.1) is 0 Å². The molecule has 0 aromatic heterocycles. The van der Waals surface area contributed by atoms with E-state index < -0.39 is 28.8 Å². The number of carboxylic acid groups (broad SMARTS) is 1. The number of amides is 1. The summed E-state index contributed by atoms with van der Waals surface area (Å²) in [5.74, 6) is -1.60. The molecule has 3 N–H and O–H groups in total. The van der Waals surface area contributed by atoms with Gasteiger partial charge in [-0.3, -0.25) is 9.59 Å². The van der Waals surface area contributed by atoms with Gasteiger partial charge in [-0.2, -0.15) is 0 Å². The number of hydrogen-bond acceptors (Lipinski definition) is 3. The van der Waals surface area contributed by atoms with Crippen molar-refractivity contribution in [3.05, 3.63) is 0 Å². The summed E-state index contributed by atoms with van der Waals surface area (Å²) in [4.78, 5) is 23.5. The lowest BCUT2D eigenvalue weighted by Crippen LogP contribution is -2.54. The highest BCUT2D eigenvalue weighted by molar-refractivity contribution is 5.92. The normalized spacial score (nSPS) is 39.1. The Kier molecular flexibility index (Phi) is 3.84. The van der Waals surface area contributed by atoms with Gasteiger partial charge >= 0.3 is 5.97 Å². The predicted molar refractivity (Wildman–Crippen MR) is 74.0 cm³/mol. The highest BCUT2D eigenvalue weighted by Gasteiger charge is 2.66. The summed E-state index contributed by atoms with van der Waals surface area (Å²) in [7, 11) is 0. The van der Waals surface area contributed by atoms with Gasteiger partial charge in [0.25, 0.3) is 0 Å². The molecule has 5 nitrogen and oxygen atoms in total. The Morgan fingerprint density at radius 1 is 1.20 bits per heavy atom. The minimum Gasteiger partial charge on any atom is -0.481 e. The van der Waals surface area contributed by atoms with Crippen LogP contribution in [0.15, 0.2) is 0 Å². The highest BCUT2D eigenvalue weighted by Crippen LogP contribution is 2.58. The molecule has 2 aliphatic rings. The summed E-state index contributed by atoms with van der Waals surface area (Å²) in [5, 5.41) is 21.7. The second-order valence-electron chi connectivity index (χ2n) is 7.23. The molecule has 0 spiro atoms. The summed E-state index contributed by atoms with van der Waals surface area (Å²) < 4.78 is 0. The molecule has 2 atom stereocenters. The smallest absolute Gasteiger partial charge is 0.307 e. The van der Waals surface area contributed by atoms with Crippen molar-refractivity contribution in [1.29, 1.82) is 0 Å². The van der Waals surface area contributed by atoms with E-state index in [4.69, 9.17) is 5.11 Å². The van der Waals surface area contributed by atoms with E-state index in [1.807, 2.05) is 13.8 Å².